The van der Waals surface area contributed by atoms with E-state index in [0.29, 0.717) is 52.4 Å². The lowest BCUT2D eigenvalue weighted by Crippen LogP contribution is -2.01. The molecule has 0 spiro atoms. The average Bonchev–Trinajstić information content (AvgIpc) is 0.745. The van der Waals surface area contributed by atoms with Crippen LogP contribution in [0.5, 0.6) is 0 Å². The predicted molar refractivity (Wildman–Crippen MR) is 582 cm³/mol. The van der Waals surface area contributed by atoms with E-state index in [4.69, 9.17) is 49.8 Å². The van der Waals surface area contributed by atoms with Gasteiger partial charge in [0.2, 0.25) is 0 Å². The van der Waals surface area contributed by atoms with Crippen molar-refractivity contribution in [1.29, 1.82) is 0 Å². The molecule has 0 bridgehead atoms. The summed E-state index contributed by atoms with van der Waals surface area (Å²) in [6, 6.07) is 162. The summed E-state index contributed by atoms with van der Waals surface area (Å²) in [7, 11) is 0. The van der Waals surface area contributed by atoms with E-state index < -0.39 is 0 Å². The Morgan fingerprint density at radius 2 is 0.437 bits per heavy atom. The maximum Gasteiger partial charge on any atom is 0.164 e. The Morgan fingerprint density at radius 3 is 0.901 bits per heavy atom. The molecule has 13 nitrogen and oxygen atoms in total. The fourth-order valence-electron chi connectivity index (χ4n) is 19.3. The van der Waals surface area contributed by atoms with Gasteiger partial charge >= 0.3 is 0 Å². The van der Waals surface area contributed by atoms with Crippen LogP contribution in [0.2, 0.25) is 0 Å². The molecule has 0 fully saturated rings. The summed E-state index contributed by atoms with van der Waals surface area (Å²) in [5.74, 6) is 5.69. The van der Waals surface area contributed by atoms with Gasteiger partial charge in [0.05, 0.1) is 22.2 Å². The molecule has 0 aliphatic heterocycles. The minimum Gasteiger partial charge on any atom is -0.256 e. The minimum absolute atomic E-state index is 0.608. The maximum absolute atomic E-state index is 5.28. The van der Waals surface area contributed by atoms with Crippen molar-refractivity contribution in [2.24, 2.45) is 0 Å². The first-order valence-corrected chi connectivity index (χ1v) is 47.4. The number of hydrogen-bond acceptors (Lipinski definition) is 13. The molecule has 13 heteroatoms. The lowest BCUT2D eigenvalue weighted by atomic mass is 9.96. The molecular weight excluding hydrogens is 1730 g/mol. The van der Waals surface area contributed by atoms with Crippen LogP contribution in [-0.2, 0) is 0 Å². The lowest BCUT2D eigenvalue weighted by Gasteiger charge is -2.14. The van der Waals surface area contributed by atoms with E-state index in [-0.39, 0.29) is 0 Å². The molecule has 0 aliphatic rings. The molecule has 142 heavy (non-hydrogen) atoms. The summed E-state index contributed by atoms with van der Waals surface area (Å²) in [6.07, 6.45) is 7.48. The normalized spacial score (nSPS) is 11.4. The van der Waals surface area contributed by atoms with Crippen LogP contribution in [0.3, 0.4) is 0 Å². The molecule has 0 amide bonds. The third-order valence-electron chi connectivity index (χ3n) is 26.5. The zero-order valence-corrected chi connectivity index (χ0v) is 76.6. The summed E-state index contributed by atoms with van der Waals surface area (Å²) in [6.45, 7) is 0. The van der Waals surface area contributed by atoms with Gasteiger partial charge in [0, 0.05) is 119 Å². The fourth-order valence-corrected chi connectivity index (χ4v) is 19.3. The van der Waals surface area contributed by atoms with Crippen molar-refractivity contribution in [2.45, 2.75) is 0 Å². The molecule has 20 aromatic carbocycles. The van der Waals surface area contributed by atoms with Gasteiger partial charge in [-0.1, -0.05) is 413 Å². The highest BCUT2D eigenvalue weighted by Gasteiger charge is 2.23. The SMILES string of the molecule is c1ccc(-c2ccc(-c3nc(-c4ccc(-c5nccc6ccccc56)cc4)nc(-c4ccc(-c5cccc6cccnc56)cc4)n3)cc2)cc1.c1ccc2cc(-c3nc(-c4ccc(-c5cccc6cccnc56)cc4)nc(-c4ccc5ccccc5c4)n3)ccc2c1.c1ccc2ncc(-c3ccc(-c4nc(-c5cc6ccccc6c6ccccc56)nc(-c5cc6ccccc6c6ccccc56)n4)cc3)cc2c1. The van der Waals surface area contributed by atoms with E-state index in [1.54, 1.807) is 0 Å². The lowest BCUT2D eigenvalue weighted by molar-refractivity contribution is 1.07. The van der Waals surface area contributed by atoms with Crippen LogP contribution >= 0.6 is 0 Å². The Balaban J connectivity index is 0.000000112. The van der Waals surface area contributed by atoms with Gasteiger partial charge in [-0.25, -0.2) is 44.9 Å². The highest BCUT2D eigenvalue weighted by Crippen LogP contribution is 2.42. The van der Waals surface area contributed by atoms with Crippen LogP contribution in [0, 0.1) is 0 Å². The smallest absolute Gasteiger partial charge is 0.164 e. The van der Waals surface area contributed by atoms with Gasteiger partial charge in [0.15, 0.2) is 52.4 Å². The quantitative estimate of drug-likeness (QED) is 0.0944. The molecule has 7 aromatic heterocycles. The fraction of sp³-hybridized carbons (Fsp3) is 0. The predicted octanol–water partition coefficient (Wildman–Crippen LogP) is 32.1. The van der Waals surface area contributed by atoms with E-state index in [9.17, 15) is 0 Å². The molecule has 0 saturated carbocycles. The average molecular weight is 1810 g/mol. The molecule has 7 heterocycles. The molecular formula is C129H81N13. The third kappa shape index (κ3) is 16.7. The van der Waals surface area contributed by atoms with Crippen LogP contribution in [0.25, 0.3) is 266 Å². The second-order valence-corrected chi connectivity index (χ2v) is 35.2. The Morgan fingerprint density at radius 1 is 0.127 bits per heavy atom. The Kier molecular flexibility index (Phi) is 22.0. The highest BCUT2D eigenvalue weighted by molar-refractivity contribution is 6.15. The molecule has 0 saturated heterocycles. The molecule has 27 rings (SSSR count). The molecule has 0 unspecified atom stereocenters. The number of pyridine rings is 4. The first-order chi connectivity index (χ1) is 70.3. The van der Waals surface area contributed by atoms with E-state index >= 15 is 0 Å². The molecule has 27 aromatic rings. The third-order valence-corrected chi connectivity index (χ3v) is 26.5. The van der Waals surface area contributed by atoms with Crippen molar-refractivity contribution >= 4 is 108 Å². The zero-order valence-electron chi connectivity index (χ0n) is 76.6. The number of para-hydroxylation sites is 3. The maximum atomic E-state index is 5.28. The highest BCUT2D eigenvalue weighted by atomic mass is 15.1. The van der Waals surface area contributed by atoms with Crippen molar-refractivity contribution < 1.29 is 0 Å². The van der Waals surface area contributed by atoms with Crippen molar-refractivity contribution in [2.75, 3.05) is 0 Å². The number of aromatic nitrogens is 13. The number of hydrogen-bond donors (Lipinski definition) is 0. The largest absolute Gasteiger partial charge is 0.256 e. The second kappa shape index (κ2) is 37.0. The molecule has 0 aliphatic carbocycles. The second-order valence-electron chi connectivity index (χ2n) is 35.2. The van der Waals surface area contributed by atoms with E-state index in [2.05, 4.69) is 434 Å². The minimum atomic E-state index is 0.608. The monoisotopic (exact) mass is 1810 g/mol. The van der Waals surface area contributed by atoms with Crippen molar-refractivity contribution in [3.63, 3.8) is 0 Å². The van der Waals surface area contributed by atoms with Gasteiger partial charge in [-0.15, -0.1) is 0 Å². The number of fused-ring (bicyclic) bond motifs is 12. The molecule has 662 valence electrons. The van der Waals surface area contributed by atoms with Crippen LogP contribution in [0.4, 0.5) is 0 Å². The Hall–Kier alpha value is -19.4. The van der Waals surface area contributed by atoms with Crippen LogP contribution in [0.15, 0.2) is 492 Å². The van der Waals surface area contributed by atoms with Crippen LogP contribution in [0.1, 0.15) is 0 Å². The summed E-state index contributed by atoms with van der Waals surface area (Å²) < 4.78 is 0. The topological polar surface area (TPSA) is 168 Å². The first kappa shape index (κ1) is 84.4. The van der Waals surface area contributed by atoms with Crippen LogP contribution in [-0.4, -0.2) is 64.8 Å². The first-order valence-electron chi connectivity index (χ1n) is 47.4. The standard InChI is InChI=1S/C46H28N4.C45H29N5.C38H24N4/c1-4-14-35-31(11-1)26-41(39-18-8-6-16-37(35)39)45-48-44(30-23-21-29(22-24-30)34-25-33-13-3-10-20-43(33)47-28-34)49-46(50-45)42-27-32-12-2-5-15-36(32)38-17-7-9-19-40(38)42;1-2-8-30(9-3-1)31-15-21-36(22-16-31)43-48-44(37-23-17-33(18-24-37)40-14-6-11-34-12-7-28-46-41(34)40)50-45(49-43)38-25-19-35(20-26-38)42-39-13-5-4-10-32(39)27-29-47-42;1-3-9-30-23-32(20-14-25(30)7-1)37-40-36(41-38(42-37)33-21-15-26-8-2-4-10-31(26)24-33)29-18-16-27(17-19-29)34-13-5-11-28-12-6-22-39-35(28)34/h1-28H;1-29H;1-24H. The Bertz CT molecular complexity index is 9150. The summed E-state index contributed by atoms with van der Waals surface area (Å²) >= 11 is 0. The van der Waals surface area contributed by atoms with E-state index in [0.717, 1.165) is 176 Å². The zero-order chi connectivity index (χ0) is 94.2. The van der Waals surface area contributed by atoms with Crippen molar-refractivity contribution in [3.8, 4) is 158 Å². The van der Waals surface area contributed by atoms with E-state index in [1.807, 2.05) is 73.3 Å². The van der Waals surface area contributed by atoms with Crippen molar-refractivity contribution in [1.82, 2.24) is 64.8 Å². The summed E-state index contributed by atoms with van der Waals surface area (Å²) in [5.41, 5.74) is 22.2. The molecule has 0 N–H and O–H groups in total. The van der Waals surface area contributed by atoms with Gasteiger partial charge in [0.25, 0.3) is 0 Å². The summed E-state index contributed by atoms with van der Waals surface area (Å²) in [5, 5.41) is 19.6. The Labute approximate surface area is 817 Å². The number of nitrogens with zero attached hydrogens (tertiary/aromatic N) is 13. The van der Waals surface area contributed by atoms with Gasteiger partial charge < -0.3 is 0 Å². The van der Waals surface area contributed by atoms with Gasteiger partial charge in [-0.3, -0.25) is 19.9 Å². The summed E-state index contributed by atoms with van der Waals surface area (Å²) in [4.78, 5) is 64.4. The number of rotatable bonds is 14. The number of benzene rings is 20. The van der Waals surface area contributed by atoms with Crippen LogP contribution < -0.4 is 0 Å². The molecule has 0 atom stereocenters. The van der Waals surface area contributed by atoms with E-state index in [1.165, 1.54) is 37.9 Å². The van der Waals surface area contributed by atoms with Gasteiger partial charge in [-0.05, 0) is 152 Å². The van der Waals surface area contributed by atoms with Gasteiger partial charge in [-0.2, -0.15) is 0 Å². The van der Waals surface area contributed by atoms with Gasteiger partial charge in [0.1, 0.15) is 0 Å². The van der Waals surface area contributed by atoms with Crippen molar-refractivity contribution in [3.05, 3.63) is 492 Å². The molecule has 0 radical (unpaired) electrons.